The maximum absolute atomic E-state index is 11.9. The monoisotopic (exact) mass is 273 g/mol. The molecule has 0 unspecified atom stereocenters. The van der Waals surface area contributed by atoms with Gasteiger partial charge in [0.25, 0.3) is 5.91 Å². The van der Waals surface area contributed by atoms with Gasteiger partial charge >= 0.3 is 0 Å². The zero-order valence-electron chi connectivity index (χ0n) is 11.3. The number of hydrogen-bond donors (Lipinski definition) is 3. The summed E-state index contributed by atoms with van der Waals surface area (Å²) in [5, 5.41) is 8.96. The SMILES string of the molecule is O=C(NCC1CNC1)c1ccc(NC(=O)C2CC2)cc1. The van der Waals surface area contributed by atoms with E-state index >= 15 is 0 Å². The highest BCUT2D eigenvalue weighted by Gasteiger charge is 2.29. The first kappa shape index (κ1) is 13.1. The van der Waals surface area contributed by atoms with Gasteiger partial charge in [0.15, 0.2) is 0 Å². The van der Waals surface area contributed by atoms with Gasteiger partial charge in [0, 0.05) is 42.7 Å². The Bertz CT molecular complexity index is 504. The number of hydrogen-bond acceptors (Lipinski definition) is 3. The smallest absolute Gasteiger partial charge is 0.251 e. The average Bonchev–Trinajstić information content (AvgIpc) is 3.22. The molecule has 1 aromatic carbocycles. The molecule has 1 saturated carbocycles. The fraction of sp³-hybridized carbons (Fsp3) is 0.467. The Morgan fingerprint density at radius 1 is 1.15 bits per heavy atom. The van der Waals surface area contributed by atoms with Gasteiger partial charge in [0.05, 0.1) is 0 Å². The molecule has 1 aliphatic carbocycles. The number of carbonyl (C=O) groups is 2. The van der Waals surface area contributed by atoms with Crippen LogP contribution in [0.15, 0.2) is 24.3 Å². The van der Waals surface area contributed by atoms with Crippen molar-refractivity contribution in [3.63, 3.8) is 0 Å². The van der Waals surface area contributed by atoms with Gasteiger partial charge in [-0.05, 0) is 37.1 Å². The molecular formula is C15H19N3O2. The second-order valence-corrected chi connectivity index (χ2v) is 5.58. The van der Waals surface area contributed by atoms with Crippen LogP contribution >= 0.6 is 0 Å². The molecule has 5 nitrogen and oxygen atoms in total. The zero-order chi connectivity index (χ0) is 13.9. The van der Waals surface area contributed by atoms with Crippen LogP contribution in [0.3, 0.4) is 0 Å². The molecule has 1 heterocycles. The minimum absolute atomic E-state index is 0.0584. The predicted octanol–water partition coefficient (Wildman–Crippen LogP) is 0.984. The van der Waals surface area contributed by atoms with Crippen molar-refractivity contribution < 1.29 is 9.59 Å². The topological polar surface area (TPSA) is 70.2 Å². The van der Waals surface area contributed by atoms with Gasteiger partial charge in [-0.25, -0.2) is 0 Å². The second-order valence-electron chi connectivity index (χ2n) is 5.58. The van der Waals surface area contributed by atoms with Gasteiger partial charge in [-0.2, -0.15) is 0 Å². The highest BCUT2D eigenvalue weighted by molar-refractivity contribution is 5.96. The molecule has 1 saturated heterocycles. The lowest BCUT2D eigenvalue weighted by Gasteiger charge is -2.27. The molecule has 2 fully saturated rings. The van der Waals surface area contributed by atoms with E-state index in [9.17, 15) is 9.59 Å². The minimum atomic E-state index is -0.0584. The van der Waals surface area contributed by atoms with Gasteiger partial charge in [0.2, 0.25) is 5.91 Å². The van der Waals surface area contributed by atoms with Crippen LogP contribution < -0.4 is 16.0 Å². The molecular weight excluding hydrogens is 254 g/mol. The van der Waals surface area contributed by atoms with Crippen LogP contribution in [-0.2, 0) is 4.79 Å². The summed E-state index contributed by atoms with van der Waals surface area (Å²) in [5.74, 6) is 0.766. The molecule has 0 atom stereocenters. The Labute approximate surface area is 118 Å². The van der Waals surface area contributed by atoms with Crippen LogP contribution in [-0.4, -0.2) is 31.4 Å². The van der Waals surface area contributed by atoms with E-state index in [1.54, 1.807) is 24.3 Å². The average molecular weight is 273 g/mol. The Morgan fingerprint density at radius 2 is 1.85 bits per heavy atom. The van der Waals surface area contributed by atoms with E-state index in [1.807, 2.05) is 0 Å². The summed E-state index contributed by atoms with van der Waals surface area (Å²) in [7, 11) is 0. The second kappa shape index (κ2) is 5.63. The van der Waals surface area contributed by atoms with Crippen LogP contribution in [0.2, 0.25) is 0 Å². The Kier molecular flexibility index (Phi) is 3.69. The summed E-state index contributed by atoms with van der Waals surface area (Å²) >= 11 is 0. The van der Waals surface area contributed by atoms with Gasteiger partial charge in [-0.3, -0.25) is 9.59 Å². The fourth-order valence-corrected chi connectivity index (χ4v) is 2.13. The van der Waals surface area contributed by atoms with Crippen molar-refractivity contribution in [3.8, 4) is 0 Å². The number of anilines is 1. The molecule has 0 bridgehead atoms. The van der Waals surface area contributed by atoms with Crippen LogP contribution in [0.1, 0.15) is 23.2 Å². The quantitative estimate of drug-likeness (QED) is 0.749. The van der Waals surface area contributed by atoms with Crippen molar-refractivity contribution in [1.29, 1.82) is 0 Å². The molecule has 1 aliphatic heterocycles. The Morgan fingerprint density at radius 3 is 2.40 bits per heavy atom. The third kappa shape index (κ3) is 3.17. The first-order valence-electron chi connectivity index (χ1n) is 7.12. The van der Waals surface area contributed by atoms with Crippen molar-refractivity contribution in [2.45, 2.75) is 12.8 Å². The molecule has 2 amide bonds. The van der Waals surface area contributed by atoms with Gasteiger partial charge in [0.1, 0.15) is 0 Å². The number of amides is 2. The summed E-state index contributed by atoms with van der Waals surface area (Å²) in [6.07, 6.45) is 1.98. The third-order valence-corrected chi connectivity index (χ3v) is 3.78. The van der Waals surface area contributed by atoms with E-state index in [2.05, 4.69) is 16.0 Å². The first-order chi connectivity index (χ1) is 9.72. The molecule has 0 radical (unpaired) electrons. The van der Waals surface area contributed by atoms with E-state index < -0.39 is 0 Å². The van der Waals surface area contributed by atoms with Crippen LogP contribution in [0.5, 0.6) is 0 Å². The summed E-state index contributed by atoms with van der Waals surface area (Å²) in [5.41, 5.74) is 1.38. The van der Waals surface area contributed by atoms with Crippen LogP contribution in [0.25, 0.3) is 0 Å². The highest BCUT2D eigenvalue weighted by atomic mass is 16.2. The van der Waals surface area contributed by atoms with Crippen LogP contribution in [0.4, 0.5) is 5.69 Å². The number of benzene rings is 1. The Balaban J connectivity index is 1.51. The minimum Gasteiger partial charge on any atom is -0.352 e. The fourth-order valence-electron chi connectivity index (χ4n) is 2.13. The van der Waals surface area contributed by atoms with E-state index in [0.29, 0.717) is 18.0 Å². The lowest BCUT2D eigenvalue weighted by Crippen LogP contribution is -2.48. The largest absolute Gasteiger partial charge is 0.352 e. The molecule has 2 aliphatic rings. The maximum Gasteiger partial charge on any atom is 0.251 e. The van der Waals surface area contributed by atoms with Gasteiger partial charge in [-0.15, -0.1) is 0 Å². The van der Waals surface area contributed by atoms with Crippen molar-refractivity contribution in [2.75, 3.05) is 25.0 Å². The standard InChI is InChI=1S/C15H19N3O2/c19-14(17-9-10-7-16-8-10)11-3-5-13(6-4-11)18-15(20)12-1-2-12/h3-6,10,12,16H,1-2,7-9H2,(H,17,19)(H,18,20). The highest BCUT2D eigenvalue weighted by Crippen LogP contribution is 2.30. The molecule has 1 aromatic rings. The lowest BCUT2D eigenvalue weighted by atomic mass is 10.0. The molecule has 5 heteroatoms. The third-order valence-electron chi connectivity index (χ3n) is 3.78. The summed E-state index contributed by atoms with van der Waals surface area (Å²) in [6.45, 7) is 2.67. The van der Waals surface area contributed by atoms with Crippen molar-refractivity contribution in [1.82, 2.24) is 10.6 Å². The van der Waals surface area contributed by atoms with E-state index in [0.717, 1.165) is 31.6 Å². The van der Waals surface area contributed by atoms with Gasteiger partial charge < -0.3 is 16.0 Å². The van der Waals surface area contributed by atoms with E-state index in [-0.39, 0.29) is 17.7 Å². The molecule has 3 rings (SSSR count). The molecule has 20 heavy (non-hydrogen) atoms. The number of carbonyl (C=O) groups excluding carboxylic acids is 2. The van der Waals surface area contributed by atoms with Crippen molar-refractivity contribution in [2.24, 2.45) is 11.8 Å². The van der Waals surface area contributed by atoms with E-state index in [1.165, 1.54) is 0 Å². The van der Waals surface area contributed by atoms with Crippen LogP contribution in [0, 0.1) is 11.8 Å². The van der Waals surface area contributed by atoms with Crippen molar-refractivity contribution in [3.05, 3.63) is 29.8 Å². The van der Waals surface area contributed by atoms with E-state index in [4.69, 9.17) is 0 Å². The normalized spacial score (nSPS) is 18.2. The maximum atomic E-state index is 11.9. The summed E-state index contributed by atoms with van der Waals surface area (Å²) in [6, 6.07) is 7.05. The number of nitrogens with one attached hydrogen (secondary N) is 3. The molecule has 0 spiro atoms. The first-order valence-corrected chi connectivity index (χ1v) is 7.12. The predicted molar refractivity (Wildman–Crippen MR) is 76.5 cm³/mol. The zero-order valence-corrected chi connectivity index (χ0v) is 11.3. The summed E-state index contributed by atoms with van der Waals surface area (Å²) in [4.78, 5) is 23.5. The molecule has 3 N–H and O–H groups in total. The van der Waals surface area contributed by atoms with Gasteiger partial charge in [-0.1, -0.05) is 0 Å². The number of rotatable bonds is 5. The molecule has 106 valence electrons. The summed E-state index contributed by atoms with van der Waals surface area (Å²) < 4.78 is 0. The van der Waals surface area contributed by atoms with Crippen molar-refractivity contribution >= 4 is 17.5 Å². The molecule has 0 aromatic heterocycles. The lowest BCUT2D eigenvalue weighted by molar-refractivity contribution is -0.117. The Hall–Kier alpha value is -1.88.